The highest BCUT2D eigenvalue weighted by atomic mass is 15.3. The molecule has 0 atom stereocenters. The second-order valence-corrected chi connectivity index (χ2v) is 4.25. The number of hydrogen-bond donors (Lipinski definition) is 1. The van der Waals surface area contributed by atoms with Crippen LogP contribution in [0.3, 0.4) is 0 Å². The van der Waals surface area contributed by atoms with Gasteiger partial charge >= 0.3 is 0 Å². The summed E-state index contributed by atoms with van der Waals surface area (Å²) < 4.78 is 1.94. The van der Waals surface area contributed by atoms with E-state index in [9.17, 15) is 0 Å². The minimum Gasteiger partial charge on any atom is -0.311 e. The molecule has 15 heavy (non-hydrogen) atoms. The molecule has 0 bridgehead atoms. The quantitative estimate of drug-likeness (QED) is 0.726. The zero-order chi connectivity index (χ0) is 11.4. The molecule has 1 aromatic rings. The first-order valence-electron chi connectivity index (χ1n) is 5.37. The Morgan fingerprint density at radius 1 is 1.33 bits per heavy atom. The van der Waals surface area contributed by atoms with Crippen LogP contribution in [0.5, 0.6) is 0 Å². The molecule has 0 fully saturated rings. The van der Waals surface area contributed by atoms with Crippen molar-refractivity contribution in [2.45, 2.75) is 20.4 Å². The molecular formula is C11H22N4. The van der Waals surface area contributed by atoms with Crippen LogP contribution in [0.25, 0.3) is 0 Å². The lowest BCUT2D eigenvalue weighted by molar-refractivity contribution is 0.399. The minimum atomic E-state index is 0.916. The molecule has 4 nitrogen and oxygen atoms in total. The van der Waals surface area contributed by atoms with Gasteiger partial charge in [-0.15, -0.1) is 0 Å². The van der Waals surface area contributed by atoms with Crippen LogP contribution in [0.2, 0.25) is 0 Å². The molecule has 4 heteroatoms. The summed E-state index contributed by atoms with van der Waals surface area (Å²) in [6.07, 6.45) is 0. The van der Waals surface area contributed by atoms with E-state index in [1.807, 2.05) is 11.7 Å². The van der Waals surface area contributed by atoms with Crippen LogP contribution >= 0.6 is 0 Å². The molecule has 0 radical (unpaired) electrons. The van der Waals surface area contributed by atoms with Crippen LogP contribution in [0, 0.1) is 13.8 Å². The SMILES string of the molecule is Cc1nn(C)c(C)c1CNCCN(C)C. The maximum Gasteiger partial charge on any atom is 0.0641 e. The van der Waals surface area contributed by atoms with Gasteiger partial charge in [-0.3, -0.25) is 4.68 Å². The van der Waals surface area contributed by atoms with Crippen LogP contribution in [0.15, 0.2) is 0 Å². The molecule has 0 saturated heterocycles. The molecule has 86 valence electrons. The van der Waals surface area contributed by atoms with Crippen LogP contribution in [0.1, 0.15) is 17.0 Å². The van der Waals surface area contributed by atoms with Crippen LogP contribution in [-0.2, 0) is 13.6 Å². The van der Waals surface area contributed by atoms with Crippen molar-refractivity contribution in [2.24, 2.45) is 7.05 Å². The fraction of sp³-hybridized carbons (Fsp3) is 0.727. The molecule has 0 amide bonds. The summed E-state index contributed by atoms with van der Waals surface area (Å²) in [5.74, 6) is 0. The highest BCUT2D eigenvalue weighted by Gasteiger charge is 2.07. The van der Waals surface area contributed by atoms with Gasteiger partial charge in [0.15, 0.2) is 0 Å². The Kier molecular flexibility index (Phi) is 4.29. The van der Waals surface area contributed by atoms with E-state index in [1.165, 1.54) is 11.3 Å². The first-order chi connectivity index (χ1) is 7.02. The van der Waals surface area contributed by atoms with Crippen molar-refractivity contribution >= 4 is 0 Å². The largest absolute Gasteiger partial charge is 0.311 e. The lowest BCUT2D eigenvalue weighted by Crippen LogP contribution is -2.26. The van der Waals surface area contributed by atoms with Gasteiger partial charge in [0, 0.05) is 37.9 Å². The first kappa shape index (κ1) is 12.2. The van der Waals surface area contributed by atoms with E-state index in [-0.39, 0.29) is 0 Å². The topological polar surface area (TPSA) is 33.1 Å². The van der Waals surface area contributed by atoms with E-state index in [0.717, 1.165) is 25.3 Å². The average molecular weight is 210 g/mol. The van der Waals surface area contributed by atoms with E-state index in [0.29, 0.717) is 0 Å². The van der Waals surface area contributed by atoms with Crippen LogP contribution in [0.4, 0.5) is 0 Å². The molecule has 0 spiro atoms. The zero-order valence-corrected chi connectivity index (χ0v) is 10.5. The monoisotopic (exact) mass is 210 g/mol. The Bertz CT molecular complexity index is 315. The van der Waals surface area contributed by atoms with Gasteiger partial charge in [0.1, 0.15) is 0 Å². The second-order valence-electron chi connectivity index (χ2n) is 4.25. The normalized spacial score (nSPS) is 11.3. The van der Waals surface area contributed by atoms with Gasteiger partial charge in [0.05, 0.1) is 5.69 Å². The summed E-state index contributed by atoms with van der Waals surface area (Å²) in [7, 11) is 6.16. The van der Waals surface area contributed by atoms with E-state index >= 15 is 0 Å². The highest BCUT2D eigenvalue weighted by Crippen LogP contribution is 2.10. The number of aromatic nitrogens is 2. The van der Waals surface area contributed by atoms with Crippen molar-refractivity contribution < 1.29 is 0 Å². The van der Waals surface area contributed by atoms with Gasteiger partial charge in [0.2, 0.25) is 0 Å². The second kappa shape index (κ2) is 5.28. The molecule has 0 aromatic carbocycles. The average Bonchev–Trinajstić information content (AvgIpc) is 2.37. The smallest absolute Gasteiger partial charge is 0.0641 e. The van der Waals surface area contributed by atoms with Crippen molar-refractivity contribution in [1.82, 2.24) is 20.0 Å². The zero-order valence-electron chi connectivity index (χ0n) is 10.5. The Morgan fingerprint density at radius 2 is 2.00 bits per heavy atom. The standard InChI is InChI=1S/C11H22N4/c1-9-11(10(2)15(5)13-9)8-12-6-7-14(3)4/h12H,6-8H2,1-5H3. The molecule has 0 aliphatic rings. The summed E-state index contributed by atoms with van der Waals surface area (Å²) in [5, 5.41) is 7.82. The first-order valence-corrected chi connectivity index (χ1v) is 5.37. The molecule has 0 aliphatic carbocycles. The van der Waals surface area contributed by atoms with Crippen molar-refractivity contribution in [3.05, 3.63) is 17.0 Å². The lowest BCUT2D eigenvalue weighted by atomic mass is 10.2. The van der Waals surface area contributed by atoms with Gasteiger partial charge in [-0.25, -0.2) is 0 Å². The number of rotatable bonds is 5. The maximum absolute atomic E-state index is 4.39. The molecule has 1 heterocycles. The molecule has 1 N–H and O–H groups in total. The van der Waals surface area contributed by atoms with Crippen molar-refractivity contribution in [1.29, 1.82) is 0 Å². The third kappa shape index (κ3) is 3.32. The van der Waals surface area contributed by atoms with Gasteiger partial charge < -0.3 is 10.2 Å². The summed E-state index contributed by atoms with van der Waals surface area (Å²) in [6.45, 7) is 7.18. The van der Waals surface area contributed by atoms with Crippen molar-refractivity contribution in [3.63, 3.8) is 0 Å². The molecule has 1 rings (SSSR count). The third-order valence-corrected chi connectivity index (χ3v) is 2.70. The van der Waals surface area contributed by atoms with E-state index in [1.54, 1.807) is 0 Å². The van der Waals surface area contributed by atoms with E-state index in [2.05, 4.69) is 43.3 Å². The summed E-state index contributed by atoms with van der Waals surface area (Å²) >= 11 is 0. The highest BCUT2D eigenvalue weighted by molar-refractivity contribution is 5.23. The summed E-state index contributed by atoms with van der Waals surface area (Å²) in [5.41, 5.74) is 3.72. The molecule has 0 aliphatic heterocycles. The van der Waals surface area contributed by atoms with E-state index in [4.69, 9.17) is 0 Å². The molecular weight excluding hydrogens is 188 g/mol. The number of nitrogens with one attached hydrogen (secondary N) is 1. The van der Waals surface area contributed by atoms with Gasteiger partial charge in [-0.1, -0.05) is 0 Å². The van der Waals surface area contributed by atoms with E-state index < -0.39 is 0 Å². The van der Waals surface area contributed by atoms with Gasteiger partial charge in [-0.05, 0) is 27.9 Å². The number of nitrogens with zero attached hydrogens (tertiary/aromatic N) is 3. The maximum atomic E-state index is 4.39. The van der Waals surface area contributed by atoms with Crippen LogP contribution < -0.4 is 5.32 Å². The molecule has 0 unspecified atom stereocenters. The predicted octanol–water partition coefficient (Wildman–Crippen LogP) is 0.688. The Hall–Kier alpha value is -0.870. The fourth-order valence-electron chi connectivity index (χ4n) is 1.59. The summed E-state index contributed by atoms with van der Waals surface area (Å²) in [4.78, 5) is 2.18. The van der Waals surface area contributed by atoms with Crippen LogP contribution in [-0.4, -0.2) is 41.9 Å². The molecule has 0 saturated carbocycles. The molecule has 1 aromatic heterocycles. The number of aryl methyl sites for hydroxylation is 2. The number of hydrogen-bond acceptors (Lipinski definition) is 3. The Balaban J connectivity index is 2.44. The minimum absolute atomic E-state index is 0.916. The fourth-order valence-corrected chi connectivity index (χ4v) is 1.59. The lowest BCUT2D eigenvalue weighted by Gasteiger charge is -2.10. The van der Waals surface area contributed by atoms with Gasteiger partial charge in [0.25, 0.3) is 0 Å². The predicted molar refractivity (Wildman–Crippen MR) is 62.9 cm³/mol. The third-order valence-electron chi connectivity index (χ3n) is 2.70. The van der Waals surface area contributed by atoms with Crippen molar-refractivity contribution in [2.75, 3.05) is 27.2 Å². The number of likely N-dealkylation sites (N-methyl/N-ethyl adjacent to an activating group) is 1. The Labute approximate surface area is 92.3 Å². The van der Waals surface area contributed by atoms with Gasteiger partial charge in [-0.2, -0.15) is 5.10 Å². The Morgan fingerprint density at radius 3 is 2.47 bits per heavy atom. The summed E-state index contributed by atoms with van der Waals surface area (Å²) in [6, 6.07) is 0. The van der Waals surface area contributed by atoms with Crippen molar-refractivity contribution in [3.8, 4) is 0 Å².